The highest BCUT2D eigenvalue weighted by atomic mass is 16.4. The number of aliphatic carboxylic acids is 2. The summed E-state index contributed by atoms with van der Waals surface area (Å²) in [6, 6.07) is -4.09. The smallest absolute Gasteiger partial charge is 0.325 e. The van der Waals surface area contributed by atoms with Crippen LogP contribution in [0.15, 0.2) is 60.8 Å². The van der Waals surface area contributed by atoms with E-state index in [0.717, 1.165) is 0 Å². The number of para-hydroxylation sites is 1. The highest BCUT2D eigenvalue weighted by Gasteiger charge is 2.38. The van der Waals surface area contributed by atoms with Gasteiger partial charge in [-0.2, -0.15) is 0 Å². The van der Waals surface area contributed by atoms with Crippen molar-refractivity contribution in [1.29, 1.82) is 0 Å². The number of carboxylic acids is 2. The molecule has 576 valence electrons. The minimum atomic E-state index is -1.88. The van der Waals surface area contributed by atoms with Gasteiger partial charge in [-0.15, -0.1) is 0 Å². The molecule has 0 aliphatic heterocycles. The molecule has 0 aliphatic carbocycles. The first-order valence-electron chi connectivity index (χ1n) is 34.2. The van der Waals surface area contributed by atoms with Crippen molar-refractivity contribution in [2.24, 2.45) is 40.7 Å². The number of carbonyl (C=O) groups is 15. The Balaban J connectivity index is 1.87. The predicted molar refractivity (Wildman–Crippen MR) is 376 cm³/mol. The maximum atomic E-state index is 14.5. The first kappa shape index (κ1) is 88.0. The third kappa shape index (κ3) is 28.6. The summed E-state index contributed by atoms with van der Waals surface area (Å²) in [6.45, 7) is 8.82. The predicted octanol–water partition coefficient (Wildman–Crippen LogP) is -6.41. The summed E-state index contributed by atoms with van der Waals surface area (Å²) >= 11 is 0. The Labute approximate surface area is 601 Å². The fourth-order valence-electron chi connectivity index (χ4n) is 10.4. The largest absolute Gasteiger partial charge is 0.481 e. The van der Waals surface area contributed by atoms with Crippen molar-refractivity contribution in [3.63, 3.8) is 0 Å². The van der Waals surface area contributed by atoms with E-state index in [1.165, 1.54) is 20.0 Å². The number of hydrogen-bond acceptors (Lipinski definition) is 21. The van der Waals surface area contributed by atoms with Crippen LogP contribution in [0, 0.1) is 17.8 Å². The molecule has 0 radical (unpaired) electrons. The second-order valence-electron chi connectivity index (χ2n) is 25.7. The lowest BCUT2D eigenvalue weighted by Gasteiger charge is -2.30. The van der Waals surface area contributed by atoms with Crippen LogP contribution in [0.25, 0.3) is 10.9 Å². The molecule has 13 amide bonds. The van der Waals surface area contributed by atoms with Gasteiger partial charge in [0.1, 0.15) is 72.5 Å². The highest BCUT2D eigenvalue weighted by molar-refractivity contribution is 6.00. The number of nitrogens with two attached hydrogens (primary N) is 4. The molecule has 0 saturated carbocycles. The average molecular weight is 1470 g/mol. The van der Waals surface area contributed by atoms with Crippen molar-refractivity contribution in [1.82, 2.24) is 74.1 Å². The van der Waals surface area contributed by atoms with Gasteiger partial charge in [0, 0.05) is 36.4 Å². The number of aromatic nitrogens is 1. The van der Waals surface area contributed by atoms with E-state index in [1.807, 2.05) is 0 Å². The normalized spacial score (nSPS) is 15.3. The summed E-state index contributed by atoms with van der Waals surface area (Å²) in [5.74, 6) is -16.9. The lowest BCUT2D eigenvalue weighted by Crippen LogP contribution is -2.62. The number of carboxylic acid groups (broad SMARTS) is 2. The van der Waals surface area contributed by atoms with Crippen LogP contribution in [0.3, 0.4) is 0 Å². The van der Waals surface area contributed by atoms with E-state index in [9.17, 15) is 92.3 Å². The Morgan fingerprint density at radius 2 is 0.827 bits per heavy atom. The first-order chi connectivity index (χ1) is 49.1. The number of amides is 13. The molecule has 26 N–H and O–H groups in total. The standard InChI is InChI=1S/C67H104N18O19/c1-9-35(6)54(66(102)74-37(8)67(103)104)85-65(101)53(34(4)5)84-59(95)42(19-20-51(89)90)76-60(96)46(27-38-15-11-10-12-16-38)80-58(94)45(23-26-70)77-57(93)44(22-25-69)78-63(99)49(32-87)82-61(97)47(28-39-29-72-41-18-14-13-17-40(39)41)81-62(98)48(31-86)75-50(88)30-73-56(92)43(21-24-68)79-64(100)52(33(2)3)83-55(91)36(7)71/h10-18,29,33-37,42-49,52-54,72,86-87H,9,19-28,30-32,68-71H2,1-8H3,(H,73,92)(H,74,102)(H,75,88)(H,76,96)(H,77,93)(H,78,99)(H,79,100)(H,80,94)(H,81,98)(H,82,97)(H,83,91)(H,84,95)(H,85,101)(H,89,90)(H,103,104)/t35-,36-,37-,42-,43+,44-,45+,46-,47+,48+,49-,52+,53-,54+/m0/s1. The van der Waals surface area contributed by atoms with E-state index in [2.05, 4.69) is 74.1 Å². The number of carbonyl (C=O) groups excluding carboxylic acids is 13. The lowest BCUT2D eigenvalue weighted by atomic mass is 9.96. The second kappa shape index (κ2) is 44.3. The molecule has 37 nitrogen and oxygen atoms in total. The van der Waals surface area contributed by atoms with E-state index < -0.39 is 218 Å². The van der Waals surface area contributed by atoms with E-state index in [1.54, 1.807) is 96.1 Å². The molecule has 1 aromatic heterocycles. The number of benzene rings is 2. The number of hydrogen-bond donors (Lipinski definition) is 22. The second-order valence-corrected chi connectivity index (χ2v) is 25.7. The molecule has 3 rings (SSSR count). The minimum absolute atomic E-state index is 0.0973. The number of aliphatic hydroxyl groups excluding tert-OH is 2. The van der Waals surface area contributed by atoms with Gasteiger partial charge in [0.05, 0.1) is 25.8 Å². The minimum Gasteiger partial charge on any atom is -0.481 e. The zero-order chi connectivity index (χ0) is 78.1. The summed E-state index contributed by atoms with van der Waals surface area (Å²) < 4.78 is 0. The van der Waals surface area contributed by atoms with Crippen LogP contribution >= 0.6 is 0 Å². The molecular formula is C67H104N18O19. The van der Waals surface area contributed by atoms with Gasteiger partial charge in [0.15, 0.2) is 0 Å². The molecule has 0 unspecified atom stereocenters. The number of rotatable bonds is 46. The molecule has 0 aliphatic rings. The molecule has 2 aromatic carbocycles. The molecule has 1 heterocycles. The third-order valence-corrected chi connectivity index (χ3v) is 16.7. The Hall–Kier alpha value is -10.2. The Kier molecular flexibility index (Phi) is 37.5. The molecule has 0 spiro atoms. The van der Waals surface area contributed by atoms with Crippen LogP contribution in [0.2, 0.25) is 0 Å². The maximum Gasteiger partial charge on any atom is 0.325 e. The van der Waals surface area contributed by atoms with Crippen LogP contribution in [-0.2, 0) is 84.8 Å². The average Bonchev–Trinajstić information content (AvgIpc) is 1.60. The van der Waals surface area contributed by atoms with Crippen molar-refractivity contribution in [2.45, 2.75) is 185 Å². The lowest BCUT2D eigenvalue weighted by molar-refractivity contribution is -0.142. The molecule has 0 fully saturated rings. The SMILES string of the molecule is CC[C@H](C)[C@@H](NC(=O)[C@@H](NC(=O)[C@H](CCC(=O)O)NC(=O)[C@H](Cc1ccccc1)NC(=O)[C@@H](CCN)NC(=O)[C@H](CCN)NC(=O)[C@H](CO)NC(=O)[C@@H](Cc1c[nH]c2ccccc12)NC(=O)[C@@H](CO)NC(=O)CNC(=O)[C@@H](CCN)NC(=O)[C@H](NC(=O)[C@H](C)N)C(C)C)C(C)C)C(=O)N[C@@H](C)C(=O)O. The van der Waals surface area contributed by atoms with Gasteiger partial charge in [-0.1, -0.05) is 96.5 Å². The number of H-pyrrole nitrogens is 1. The topological polar surface area (TPSA) is 613 Å². The van der Waals surface area contributed by atoms with Crippen LogP contribution in [0.4, 0.5) is 0 Å². The van der Waals surface area contributed by atoms with Gasteiger partial charge in [-0.25, -0.2) is 0 Å². The van der Waals surface area contributed by atoms with Crippen LogP contribution in [-0.4, -0.2) is 232 Å². The van der Waals surface area contributed by atoms with Crippen LogP contribution < -0.4 is 92.1 Å². The molecule has 0 bridgehead atoms. The molecule has 104 heavy (non-hydrogen) atoms. The van der Waals surface area contributed by atoms with Crippen molar-refractivity contribution in [2.75, 3.05) is 39.4 Å². The van der Waals surface area contributed by atoms with Crippen molar-refractivity contribution in [3.05, 3.63) is 71.9 Å². The van der Waals surface area contributed by atoms with Gasteiger partial charge in [-0.3, -0.25) is 71.9 Å². The fourth-order valence-corrected chi connectivity index (χ4v) is 10.4. The van der Waals surface area contributed by atoms with E-state index in [0.29, 0.717) is 28.5 Å². The van der Waals surface area contributed by atoms with Crippen LogP contribution in [0.5, 0.6) is 0 Å². The van der Waals surface area contributed by atoms with Gasteiger partial charge in [0.25, 0.3) is 0 Å². The number of aromatic amines is 1. The summed E-state index contributed by atoms with van der Waals surface area (Å²) in [5.41, 5.74) is 24.7. The monoisotopic (exact) mass is 1460 g/mol. The Morgan fingerprint density at radius 3 is 1.31 bits per heavy atom. The third-order valence-electron chi connectivity index (χ3n) is 16.7. The zero-order valence-corrected chi connectivity index (χ0v) is 59.6. The molecular weight excluding hydrogens is 1360 g/mol. The fraction of sp³-hybridized carbons (Fsp3) is 0.567. The summed E-state index contributed by atoms with van der Waals surface area (Å²) in [7, 11) is 0. The van der Waals surface area contributed by atoms with Gasteiger partial charge in [0.2, 0.25) is 76.8 Å². The summed E-state index contributed by atoms with van der Waals surface area (Å²) in [5, 5.41) is 72.5. The Morgan fingerprint density at radius 1 is 0.433 bits per heavy atom. The molecule has 37 heteroatoms. The number of aliphatic hydroxyl groups is 2. The quantitative estimate of drug-likeness (QED) is 0.0250. The molecule has 0 saturated heterocycles. The van der Waals surface area contributed by atoms with E-state index in [4.69, 9.17) is 22.9 Å². The van der Waals surface area contributed by atoms with Crippen LogP contribution in [0.1, 0.15) is 105 Å². The summed E-state index contributed by atoms with van der Waals surface area (Å²) in [6.07, 6.45) is -0.635. The van der Waals surface area contributed by atoms with E-state index >= 15 is 0 Å². The molecule has 3 aromatic rings. The first-order valence-corrected chi connectivity index (χ1v) is 34.2. The van der Waals surface area contributed by atoms with E-state index in [-0.39, 0.29) is 51.7 Å². The number of nitrogens with one attached hydrogen (secondary N) is 14. The maximum absolute atomic E-state index is 14.5. The highest BCUT2D eigenvalue weighted by Crippen LogP contribution is 2.20. The van der Waals surface area contributed by atoms with Gasteiger partial charge >= 0.3 is 11.9 Å². The van der Waals surface area contributed by atoms with Gasteiger partial charge < -0.3 is 117 Å². The Bertz CT molecular complexity index is 3430. The van der Waals surface area contributed by atoms with Crippen molar-refractivity contribution < 1.29 is 92.3 Å². The zero-order valence-electron chi connectivity index (χ0n) is 59.6. The number of fused-ring (bicyclic) bond motifs is 1. The van der Waals surface area contributed by atoms with Crippen molar-refractivity contribution in [3.8, 4) is 0 Å². The van der Waals surface area contributed by atoms with Gasteiger partial charge in [-0.05, 0) is 94.1 Å². The molecule has 14 atom stereocenters. The summed E-state index contributed by atoms with van der Waals surface area (Å²) in [4.78, 5) is 206. The van der Waals surface area contributed by atoms with Crippen molar-refractivity contribution >= 4 is 99.6 Å².